The third kappa shape index (κ3) is 2.52. The van der Waals surface area contributed by atoms with Crippen LogP contribution in [0.5, 0.6) is 10.9 Å². The summed E-state index contributed by atoms with van der Waals surface area (Å²) in [6.45, 7) is 1.12. The zero-order valence-electron chi connectivity index (χ0n) is 8.71. The number of ether oxygens (including phenoxy) is 1. The Morgan fingerprint density at radius 1 is 1.50 bits per heavy atom. The van der Waals surface area contributed by atoms with Crippen LogP contribution < -0.4 is 9.26 Å². The molecule has 1 unspecified atom stereocenters. The standard InChI is InChI=1S/C9H10NO4PS/c1-13-6-3-4-7-8(5-6)16-9(10-7)14-15(2,11)12/h3-5H,1-2H3,(H,11,12). The molecule has 7 heteroatoms. The Morgan fingerprint density at radius 2 is 2.25 bits per heavy atom. The van der Waals surface area contributed by atoms with Gasteiger partial charge in [-0.3, -0.25) is 0 Å². The molecular weight excluding hydrogens is 249 g/mol. The minimum Gasteiger partial charge on any atom is -0.497 e. The van der Waals surface area contributed by atoms with Crippen LogP contribution in [-0.4, -0.2) is 23.7 Å². The van der Waals surface area contributed by atoms with Crippen molar-refractivity contribution in [2.75, 3.05) is 13.8 Å². The largest absolute Gasteiger partial charge is 0.497 e. The van der Waals surface area contributed by atoms with Gasteiger partial charge in [0.15, 0.2) is 0 Å². The number of nitrogens with zero attached hydrogens (tertiary/aromatic N) is 1. The van der Waals surface area contributed by atoms with Gasteiger partial charge < -0.3 is 14.2 Å². The van der Waals surface area contributed by atoms with E-state index < -0.39 is 7.60 Å². The molecule has 2 rings (SSSR count). The molecule has 0 saturated heterocycles. The maximum atomic E-state index is 11.1. The second kappa shape index (κ2) is 4.05. The van der Waals surface area contributed by atoms with Gasteiger partial charge in [0.2, 0.25) is 0 Å². The van der Waals surface area contributed by atoms with Gasteiger partial charge in [-0.25, -0.2) is 9.55 Å². The van der Waals surface area contributed by atoms with Crippen LogP contribution in [0.25, 0.3) is 10.2 Å². The molecule has 1 heterocycles. The Bertz CT molecular complexity index is 562. The highest BCUT2D eigenvalue weighted by Crippen LogP contribution is 2.41. The van der Waals surface area contributed by atoms with Crippen molar-refractivity contribution in [1.29, 1.82) is 0 Å². The molecule has 0 saturated carbocycles. The summed E-state index contributed by atoms with van der Waals surface area (Å²) < 4.78 is 21.8. The smallest absolute Gasteiger partial charge is 0.375 e. The zero-order chi connectivity index (χ0) is 11.8. The fourth-order valence-electron chi connectivity index (χ4n) is 1.19. The molecule has 5 nitrogen and oxygen atoms in total. The van der Waals surface area contributed by atoms with Crippen molar-refractivity contribution >= 4 is 29.1 Å². The first-order valence-electron chi connectivity index (χ1n) is 4.42. The molecule has 0 aliphatic rings. The first-order chi connectivity index (χ1) is 7.48. The normalized spacial score (nSPS) is 14.7. The van der Waals surface area contributed by atoms with Crippen molar-refractivity contribution in [2.45, 2.75) is 0 Å². The number of benzene rings is 1. The number of fused-ring (bicyclic) bond motifs is 1. The van der Waals surface area contributed by atoms with Gasteiger partial charge in [0.1, 0.15) is 5.75 Å². The lowest BCUT2D eigenvalue weighted by Crippen LogP contribution is -1.87. The van der Waals surface area contributed by atoms with Crippen LogP contribution in [0.15, 0.2) is 18.2 Å². The molecule has 1 atom stereocenters. The molecule has 0 radical (unpaired) electrons. The van der Waals surface area contributed by atoms with Gasteiger partial charge >= 0.3 is 7.60 Å². The Labute approximate surface area is 96.2 Å². The molecule has 16 heavy (non-hydrogen) atoms. The highest BCUT2D eigenvalue weighted by molar-refractivity contribution is 7.52. The van der Waals surface area contributed by atoms with Crippen molar-refractivity contribution in [1.82, 2.24) is 4.98 Å². The fraction of sp³-hybridized carbons (Fsp3) is 0.222. The zero-order valence-corrected chi connectivity index (χ0v) is 10.4. The van der Waals surface area contributed by atoms with Crippen molar-refractivity contribution < 1.29 is 18.7 Å². The Kier molecular flexibility index (Phi) is 2.88. The van der Waals surface area contributed by atoms with Gasteiger partial charge in [0, 0.05) is 6.66 Å². The van der Waals surface area contributed by atoms with E-state index in [4.69, 9.17) is 14.2 Å². The number of aromatic nitrogens is 1. The van der Waals surface area contributed by atoms with Crippen LogP contribution in [0.1, 0.15) is 0 Å². The Hall–Kier alpha value is -1.10. The van der Waals surface area contributed by atoms with Crippen molar-refractivity contribution in [3.63, 3.8) is 0 Å². The summed E-state index contributed by atoms with van der Waals surface area (Å²) in [6, 6.07) is 5.35. The van der Waals surface area contributed by atoms with E-state index >= 15 is 0 Å². The first kappa shape index (κ1) is 11.4. The number of methoxy groups -OCH3 is 1. The molecule has 0 fully saturated rings. The highest BCUT2D eigenvalue weighted by Gasteiger charge is 2.15. The highest BCUT2D eigenvalue weighted by atomic mass is 32.1. The second-order valence-electron chi connectivity index (χ2n) is 3.21. The summed E-state index contributed by atoms with van der Waals surface area (Å²) in [4.78, 5) is 13.2. The van der Waals surface area contributed by atoms with Crippen LogP contribution >= 0.6 is 18.9 Å². The summed E-state index contributed by atoms with van der Waals surface area (Å²) >= 11 is 1.21. The molecule has 0 aliphatic carbocycles. The molecule has 1 aromatic carbocycles. The van der Waals surface area contributed by atoms with Crippen molar-refractivity contribution in [3.8, 4) is 10.9 Å². The van der Waals surface area contributed by atoms with Gasteiger partial charge in [0.25, 0.3) is 5.19 Å². The predicted molar refractivity (Wildman–Crippen MR) is 62.5 cm³/mol. The lowest BCUT2D eigenvalue weighted by Gasteiger charge is -2.02. The van der Waals surface area contributed by atoms with Gasteiger partial charge in [-0.1, -0.05) is 11.3 Å². The minimum atomic E-state index is -3.55. The van der Waals surface area contributed by atoms with Crippen molar-refractivity contribution in [3.05, 3.63) is 18.2 Å². The van der Waals surface area contributed by atoms with Crippen molar-refractivity contribution in [2.24, 2.45) is 0 Å². The third-order valence-electron chi connectivity index (χ3n) is 1.82. The predicted octanol–water partition coefficient (Wildman–Crippen LogP) is 2.50. The first-order valence-corrected chi connectivity index (χ1v) is 7.26. The number of hydrogen-bond acceptors (Lipinski definition) is 5. The number of thiazole rings is 1. The van der Waals surface area contributed by atoms with Crippen LogP contribution in [0, 0.1) is 0 Å². The number of rotatable bonds is 3. The van der Waals surface area contributed by atoms with E-state index in [1.54, 1.807) is 25.3 Å². The molecule has 86 valence electrons. The average molecular weight is 259 g/mol. The lowest BCUT2D eigenvalue weighted by atomic mass is 10.3. The monoisotopic (exact) mass is 259 g/mol. The molecule has 1 N–H and O–H groups in total. The fourth-order valence-corrected chi connectivity index (χ4v) is 2.81. The molecule has 0 amide bonds. The Morgan fingerprint density at radius 3 is 2.88 bits per heavy atom. The summed E-state index contributed by atoms with van der Waals surface area (Å²) in [5.41, 5.74) is 0.717. The van der Waals surface area contributed by atoms with E-state index in [0.29, 0.717) is 11.3 Å². The lowest BCUT2D eigenvalue weighted by molar-refractivity contribution is 0.387. The minimum absolute atomic E-state index is 0.191. The third-order valence-corrected chi connectivity index (χ3v) is 3.35. The SMILES string of the molecule is COc1ccc2nc(OP(C)(=O)O)sc2c1. The molecule has 0 spiro atoms. The quantitative estimate of drug-likeness (QED) is 0.857. The Balaban J connectivity index is 2.40. The maximum absolute atomic E-state index is 11.1. The van der Waals surface area contributed by atoms with Crippen LogP contribution in [-0.2, 0) is 4.57 Å². The van der Waals surface area contributed by atoms with Gasteiger partial charge in [0.05, 0.1) is 17.3 Å². The van der Waals surface area contributed by atoms with E-state index in [9.17, 15) is 4.57 Å². The number of hydrogen-bond donors (Lipinski definition) is 1. The maximum Gasteiger partial charge on any atom is 0.375 e. The second-order valence-corrected chi connectivity index (χ2v) is 5.99. The van der Waals surface area contributed by atoms with E-state index in [0.717, 1.165) is 11.4 Å². The van der Waals surface area contributed by atoms with E-state index in [-0.39, 0.29) is 5.19 Å². The molecule has 0 bridgehead atoms. The molecule has 0 aliphatic heterocycles. The van der Waals surface area contributed by atoms with Gasteiger partial charge in [-0.2, -0.15) is 0 Å². The van der Waals surface area contributed by atoms with Crippen LogP contribution in [0.3, 0.4) is 0 Å². The average Bonchev–Trinajstić information content (AvgIpc) is 2.55. The summed E-state index contributed by atoms with van der Waals surface area (Å²) in [5, 5.41) is 0.191. The summed E-state index contributed by atoms with van der Waals surface area (Å²) in [6.07, 6.45) is 0. The van der Waals surface area contributed by atoms with Gasteiger partial charge in [-0.05, 0) is 18.2 Å². The van der Waals surface area contributed by atoms with E-state index in [1.165, 1.54) is 11.3 Å². The molecule has 2 aromatic rings. The van der Waals surface area contributed by atoms with Crippen LogP contribution in [0.4, 0.5) is 0 Å². The van der Waals surface area contributed by atoms with E-state index in [2.05, 4.69) is 4.98 Å². The summed E-state index contributed by atoms with van der Waals surface area (Å²) in [7, 11) is -1.97. The topological polar surface area (TPSA) is 68.7 Å². The van der Waals surface area contributed by atoms with E-state index in [1.807, 2.05) is 0 Å². The summed E-state index contributed by atoms with van der Waals surface area (Å²) in [5.74, 6) is 0.714. The molecule has 1 aromatic heterocycles. The molecular formula is C9H10NO4PS. The van der Waals surface area contributed by atoms with Gasteiger partial charge in [-0.15, -0.1) is 0 Å². The van der Waals surface area contributed by atoms with Crippen LogP contribution in [0.2, 0.25) is 0 Å².